The minimum atomic E-state index is -0.475. The zero-order chi connectivity index (χ0) is 20.3. The summed E-state index contributed by atoms with van der Waals surface area (Å²) in [5, 5.41) is 14.5. The van der Waals surface area contributed by atoms with E-state index in [0.29, 0.717) is 5.69 Å². The molecular formula is C19H24N4O4S. The summed E-state index contributed by atoms with van der Waals surface area (Å²) in [5.41, 5.74) is 3.20. The number of nitrogens with zero attached hydrogens (tertiary/aromatic N) is 3. The van der Waals surface area contributed by atoms with Crippen LogP contribution in [0.15, 0.2) is 23.4 Å². The predicted octanol–water partition coefficient (Wildman–Crippen LogP) is 3.63. The van der Waals surface area contributed by atoms with Gasteiger partial charge in [0.15, 0.2) is 5.16 Å². The molecule has 1 atom stereocenters. The number of hydrogen-bond donors (Lipinski definition) is 1. The van der Waals surface area contributed by atoms with E-state index < -0.39 is 4.92 Å². The maximum Gasteiger partial charge on any atom is 0.271 e. The molecule has 0 aliphatic carbocycles. The lowest BCUT2D eigenvalue weighted by Gasteiger charge is -2.14. The van der Waals surface area contributed by atoms with Crippen molar-refractivity contribution in [2.75, 3.05) is 17.7 Å². The third kappa shape index (κ3) is 4.71. The van der Waals surface area contributed by atoms with Crippen LogP contribution in [0.25, 0.3) is 0 Å². The number of amides is 1. The molecule has 0 saturated carbocycles. The molecule has 1 amide bonds. The van der Waals surface area contributed by atoms with Crippen LogP contribution in [0.5, 0.6) is 0 Å². The minimum absolute atomic E-state index is 0.0492. The summed E-state index contributed by atoms with van der Waals surface area (Å²) in [6.45, 7) is 7.31. The van der Waals surface area contributed by atoms with E-state index in [0.717, 1.165) is 48.1 Å². The first-order valence-corrected chi connectivity index (χ1v) is 10.2. The first kappa shape index (κ1) is 20.3. The second-order valence-electron chi connectivity index (χ2n) is 6.90. The lowest BCUT2D eigenvalue weighted by atomic mass is 10.2. The Labute approximate surface area is 167 Å². The van der Waals surface area contributed by atoms with Gasteiger partial charge in [-0.05, 0) is 39.2 Å². The topological polar surface area (TPSA) is 99.3 Å². The first-order chi connectivity index (χ1) is 13.3. The van der Waals surface area contributed by atoms with Gasteiger partial charge >= 0.3 is 0 Å². The number of nitrogens with one attached hydrogen (secondary N) is 1. The number of aryl methyl sites for hydroxylation is 2. The number of non-ortho nitro benzene ring substituents is 1. The van der Waals surface area contributed by atoms with E-state index in [2.05, 4.69) is 14.9 Å². The molecule has 1 saturated heterocycles. The molecule has 9 heteroatoms. The summed E-state index contributed by atoms with van der Waals surface area (Å²) in [4.78, 5) is 27.5. The molecule has 1 fully saturated rings. The fourth-order valence-electron chi connectivity index (χ4n) is 3.12. The van der Waals surface area contributed by atoms with Gasteiger partial charge in [0.05, 0.1) is 34.7 Å². The Morgan fingerprint density at radius 2 is 2.21 bits per heavy atom. The summed E-state index contributed by atoms with van der Waals surface area (Å²) in [7, 11) is 0. The number of hydrogen-bond acceptors (Lipinski definition) is 6. The maximum atomic E-state index is 12.4. The number of aromatic nitrogens is 2. The Bertz CT molecular complexity index is 890. The summed E-state index contributed by atoms with van der Waals surface area (Å²) in [5.74, 6) is -0.0561. The van der Waals surface area contributed by atoms with Crippen molar-refractivity contribution < 1.29 is 14.5 Å². The highest BCUT2D eigenvalue weighted by Gasteiger charge is 2.21. The molecule has 150 valence electrons. The van der Waals surface area contributed by atoms with E-state index in [1.807, 2.05) is 13.8 Å². The van der Waals surface area contributed by atoms with Gasteiger partial charge in [0.1, 0.15) is 0 Å². The van der Waals surface area contributed by atoms with Gasteiger partial charge in [-0.1, -0.05) is 17.8 Å². The summed E-state index contributed by atoms with van der Waals surface area (Å²) >= 11 is 1.36. The van der Waals surface area contributed by atoms with Gasteiger partial charge in [0.25, 0.3) is 5.69 Å². The van der Waals surface area contributed by atoms with Crippen molar-refractivity contribution in [2.45, 2.75) is 51.4 Å². The SMILES string of the molecule is Cc1ccc([N+](=O)[O-])cc1NC(=O)CSc1nc(C)c(C)n1C[C@H]1CCCO1. The molecule has 2 aromatic rings. The van der Waals surface area contributed by atoms with Crippen molar-refractivity contribution in [3.8, 4) is 0 Å². The Kier molecular flexibility index (Phi) is 6.35. The Morgan fingerprint density at radius 3 is 2.89 bits per heavy atom. The van der Waals surface area contributed by atoms with Gasteiger partial charge < -0.3 is 14.6 Å². The van der Waals surface area contributed by atoms with Crippen molar-refractivity contribution >= 4 is 29.0 Å². The summed E-state index contributed by atoms with van der Waals surface area (Å²) < 4.78 is 7.85. The number of benzene rings is 1. The largest absolute Gasteiger partial charge is 0.376 e. The Hall–Kier alpha value is -2.39. The second kappa shape index (κ2) is 8.74. The predicted molar refractivity (Wildman–Crippen MR) is 108 cm³/mol. The van der Waals surface area contributed by atoms with E-state index in [-0.39, 0.29) is 23.5 Å². The van der Waals surface area contributed by atoms with Crippen molar-refractivity contribution in [2.24, 2.45) is 0 Å². The van der Waals surface area contributed by atoms with Crippen molar-refractivity contribution in [3.05, 3.63) is 45.3 Å². The molecule has 1 aliphatic rings. The quantitative estimate of drug-likeness (QED) is 0.430. The molecule has 1 aromatic carbocycles. The maximum absolute atomic E-state index is 12.4. The average molecular weight is 404 g/mol. The number of ether oxygens (including phenoxy) is 1. The Balaban J connectivity index is 1.65. The highest BCUT2D eigenvalue weighted by molar-refractivity contribution is 7.99. The number of nitro groups is 1. The third-order valence-corrected chi connectivity index (χ3v) is 5.85. The van der Waals surface area contributed by atoms with Crippen LogP contribution in [-0.4, -0.2) is 38.8 Å². The van der Waals surface area contributed by atoms with E-state index >= 15 is 0 Å². The third-order valence-electron chi connectivity index (χ3n) is 4.87. The van der Waals surface area contributed by atoms with Crippen LogP contribution < -0.4 is 5.32 Å². The lowest BCUT2D eigenvalue weighted by Crippen LogP contribution is -2.18. The number of rotatable bonds is 7. The van der Waals surface area contributed by atoms with E-state index in [1.165, 1.54) is 23.9 Å². The summed E-state index contributed by atoms with van der Waals surface area (Å²) in [6, 6.07) is 4.43. The normalized spacial score (nSPS) is 16.3. The van der Waals surface area contributed by atoms with Crippen LogP contribution in [0.3, 0.4) is 0 Å². The smallest absolute Gasteiger partial charge is 0.271 e. The molecule has 0 bridgehead atoms. The van der Waals surface area contributed by atoms with E-state index in [1.54, 1.807) is 13.0 Å². The van der Waals surface area contributed by atoms with Crippen LogP contribution in [0, 0.1) is 30.9 Å². The van der Waals surface area contributed by atoms with Crippen LogP contribution in [0.4, 0.5) is 11.4 Å². The zero-order valence-electron chi connectivity index (χ0n) is 16.2. The van der Waals surface area contributed by atoms with Gasteiger partial charge in [0, 0.05) is 24.4 Å². The molecule has 28 heavy (non-hydrogen) atoms. The molecule has 3 rings (SSSR count). The van der Waals surface area contributed by atoms with Crippen molar-refractivity contribution in [1.29, 1.82) is 0 Å². The molecule has 1 N–H and O–H groups in total. The lowest BCUT2D eigenvalue weighted by molar-refractivity contribution is -0.384. The van der Waals surface area contributed by atoms with E-state index in [4.69, 9.17) is 4.74 Å². The highest BCUT2D eigenvalue weighted by Crippen LogP contribution is 2.25. The monoisotopic (exact) mass is 404 g/mol. The molecule has 8 nitrogen and oxygen atoms in total. The van der Waals surface area contributed by atoms with Gasteiger partial charge in [-0.25, -0.2) is 4.98 Å². The number of carbonyl (C=O) groups is 1. The van der Waals surface area contributed by atoms with Crippen molar-refractivity contribution in [3.63, 3.8) is 0 Å². The van der Waals surface area contributed by atoms with Crippen molar-refractivity contribution in [1.82, 2.24) is 9.55 Å². The standard InChI is InChI=1S/C19H24N4O4S/c1-12-6-7-15(23(25)26)9-17(12)21-18(24)11-28-19-20-13(2)14(3)22(19)10-16-5-4-8-27-16/h6-7,9,16H,4-5,8,10-11H2,1-3H3,(H,21,24)/t16-/m1/s1. The first-order valence-electron chi connectivity index (χ1n) is 9.18. The number of anilines is 1. The van der Waals surface area contributed by atoms with Crippen LogP contribution in [-0.2, 0) is 16.1 Å². The highest BCUT2D eigenvalue weighted by atomic mass is 32.2. The number of carbonyl (C=O) groups excluding carboxylic acids is 1. The van der Waals surface area contributed by atoms with Crippen LogP contribution in [0.2, 0.25) is 0 Å². The second-order valence-corrected chi connectivity index (χ2v) is 7.85. The minimum Gasteiger partial charge on any atom is -0.376 e. The zero-order valence-corrected chi connectivity index (χ0v) is 17.0. The van der Waals surface area contributed by atoms with Crippen LogP contribution in [0.1, 0.15) is 29.8 Å². The molecule has 0 spiro atoms. The van der Waals surface area contributed by atoms with Crippen LogP contribution >= 0.6 is 11.8 Å². The number of imidazole rings is 1. The Morgan fingerprint density at radius 1 is 1.43 bits per heavy atom. The van der Waals surface area contributed by atoms with Gasteiger partial charge in [-0.2, -0.15) is 0 Å². The molecule has 1 aromatic heterocycles. The van der Waals surface area contributed by atoms with Gasteiger partial charge in [-0.3, -0.25) is 14.9 Å². The molecule has 0 radical (unpaired) electrons. The summed E-state index contributed by atoms with van der Waals surface area (Å²) in [6.07, 6.45) is 2.30. The number of thioether (sulfide) groups is 1. The molecule has 2 heterocycles. The number of nitro benzene ring substituents is 1. The molecular weight excluding hydrogens is 380 g/mol. The van der Waals surface area contributed by atoms with Gasteiger partial charge in [-0.15, -0.1) is 0 Å². The van der Waals surface area contributed by atoms with E-state index in [9.17, 15) is 14.9 Å². The van der Waals surface area contributed by atoms with Gasteiger partial charge in [0.2, 0.25) is 5.91 Å². The fraction of sp³-hybridized carbons (Fsp3) is 0.474. The fourth-order valence-corrected chi connectivity index (χ4v) is 4.02. The molecule has 0 unspecified atom stereocenters. The average Bonchev–Trinajstić information content (AvgIpc) is 3.25. The molecule has 1 aliphatic heterocycles.